The molecular weight excluding hydrogens is 503 g/mol. The Morgan fingerprint density at radius 2 is 1.32 bits per heavy atom. The molecule has 0 spiro atoms. The van der Waals surface area contributed by atoms with E-state index >= 15 is 0 Å². The van der Waals surface area contributed by atoms with Gasteiger partial charge in [0.05, 0.1) is 39.0 Å². The normalized spacial score (nSPS) is 11.0. The van der Waals surface area contributed by atoms with E-state index in [0.717, 1.165) is 22.0 Å². The van der Waals surface area contributed by atoms with E-state index in [2.05, 4.69) is 0 Å². The molecule has 3 rings (SSSR count). The maximum Gasteiger partial charge on any atom is 0.264 e. The van der Waals surface area contributed by atoms with Crippen molar-refractivity contribution in [3.05, 3.63) is 72.0 Å². The highest BCUT2D eigenvalue weighted by Gasteiger charge is 2.29. The van der Waals surface area contributed by atoms with Crippen LogP contribution in [0.2, 0.25) is 0 Å². The molecule has 0 aliphatic heterocycles. The van der Waals surface area contributed by atoms with Crippen molar-refractivity contribution in [2.24, 2.45) is 0 Å². The van der Waals surface area contributed by atoms with Gasteiger partial charge >= 0.3 is 0 Å². The molecule has 0 saturated carbocycles. The highest BCUT2D eigenvalue weighted by molar-refractivity contribution is 7.92. The van der Waals surface area contributed by atoms with Crippen LogP contribution in [0.4, 0.5) is 10.1 Å². The molecule has 0 atom stereocenters. The van der Waals surface area contributed by atoms with Gasteiger partial charge in [0, 0.05) is 19.7 Å². The van der Waals surface area contributed by atoms with Crippen LogP contribution >= 0.6 is 0 Å². The molecule has 0 N–H and O–H groups in total. The monoisotopic (exact) mass is 532 g/mol. The van der Waals surface area contributed by atoms with E-state index in [1.165, 1.54) is 63.7 Å². The van der Waals surface area contributed by atoms with Gasteiger partial charge in [-0.1, -0.05) is 6.07 Å². The lowest BCUT2D eigenvalue weighted by atomic mass is 10.2. The van der Waals surface area contributed by atoms with Gasteiger partial charge in [-0.05, 0) is 54.1 Å². The van der Waals surface area contributed by atoms with E-state index in [1.807, 2.05) is 0 Å². The predicted octanol–water partition coefficient (Wildman–Crippen LogP) is 3.71. The van der Waals surface area contributed by atoms with Gasteiger partial charge in [-0.25, -0.2) is 12.8 Å². The Hall–Kier alpha value is -3.99. The van der Waals surface area contributed by atoms with Gasteiger partial charge in [0.15, 0.2) is 23.0 Å². The number of likely N-dealkylation sites (N-methyl/N-ethyl adjacent to an activating group) is 1. The summed E-state index contributed by atoms with van der Waals surface area (Å²) in [5.41, 5.74) is 0.883. The van der Waals surface area contributed by atoms with Crippen molar-refractivity contribution in [3.8, 4) is 23.0 Å². The Morgan fingerprint density at radius 1 is 0.784 bits per heavy atom. The summed E-state index contributed by atoms with van der Waals surface area (Å²) in [6.07, 6.45) is 0. The van der Waals surface area contributed by atoms with Gasteiger partial charge in [-0.15, -0.1) is 0 Å². The van der Waals surface area contributed by atoms with Gasteiger partial charge in [0.2, 0.25) is 5.91 Å². The fraction of sp³-hybridized carbons (Fsp3) is 0.269. The highest BCUT2D eigenvalue weighted by atomic mass is 32.2. The first-order valence-electron chi connectivity index (χ1n) is 11.1. The Labute approximate surface area is 216 Å². The maximum atomic E-state index is 13.7. The number of sulfonamides is 1. The first-order valence-corrected chi connectivity index (χ1v) is 12.5. The van der Waals surface area contributed by atoms with Crippen LogP contribution in [-0.4, -0.2) is 61.3 Å². The third-order valence-corrected chi connectivity index (χ3v) is 7.40. The second kappa shape index (κ2) is 11.8. The third kappa shape index (κ3) is 6.23. The number of halogens is 1. The van der Waals surface area contributed by atoms with Crippen LogP contribution < -0.4 is 23.3 Å². The average molecular weight is 533 g/mol. The van der Waals surface area contributed by atoms with Gasteiger partial charge < -0.3 is 23.8 Å². The van der Waals surface area contributed by atoms with Crippen molar-refractivity contribution in [1.82, 2.24) is 4.90 Å². The minimum atomic E-state index is -4.25. The molecule has 198 valence electrons. The molecule has 0 aliphatic carbocycles. The number of rotatable bonds is 11. The fourth-order valence-corrected chi connectivity index (χ4v) is 5.04. The zero-order chi connectivity index (χ0) is 27.2. The molecule has 0 radical (unpaired) electrons. The van der Waals surface area contributed by atoms with E-state index in [0.29, 0.717) is 17.2 Å². The topological polar surface area (TPSA) is 94.6 Å². The molecular formula is C26H29FN2O7S. The molecule has 1 amide bonds. The van der Waals surface area contributed by atoms with Crippen LogP contribution in [0.1, 0.15) is 5.56 Å². The van der Waals surface area contributed by atoms with Crippen LogP contribution in [0, 0.1) is 5.82 Å². The standard InChI is InChI=1S/C26H29FN2O7S/c1-28(16-18-6-12-22(33-2)24(14-18)35-4)26(30)17-29(20-9-7-19(27)8-10-20)37(31,32)21-11-13-23(34-3)25(15-21)36-5/h6-15H,16-17H2,1-5H3. The van der Waals surface area contributed by atoms with E-state index in [9.17, 15) is 17.6 Å². The van der Waals surface area contributed by atoms with E-state index in [4.69, 9.17) is 18.9 Å². The van der Waals surface area contributed by atoms with E-state index in [1.54, 1.807) is 25.2 Å². The Bertz CT molecular complexity index is 1350. The third-order valence-electron chi connectivity index (χ3n) is 5.63. The summed E-state index contributed by atoms with van der Waals surface area (Å²) < 4.78 is 62.9. The number of nitrogens with zero attached hydrogens (tertiary/aromatic N) is 2. The van der Waals surface area contributed by atoms with Gasteiger partial charge in [-0.2, -0.15) is 0 Å². The molecule has 37 heavy (non-hydrogen) atoms. The molecule has 3 aromatic rings. The highest BCUT2D eigenvalue weighted by Crippen LogP contribution is 2.32. The van der Waals surface area contributed by atoms with Gasteiger partial charge in [0.1, 0.15) is 12.4 Å². The second-order valence-electron chi connectivity index (χ2n) is 7.94. The average Bonchev–Trinajstić information content (AvgIpc) is 2.91. The SMILES string of the molecule is COc1ccc(CN(C)C(=O)CN(c2ccc(F)cc2)S(=O)(=O)c2ccc(OC)c(OC)c2)cc1OC. The molecule has 0 aromatic heterocycles. The predicted molar refractivity (Wildman–Crippen MR) is 136 cm³/mol. The zero-order valence-corrected chi connectivity index (χ0v) is 22.0. The summed E-state index contributed by atoms with van der Waals surface area (Å²) in [6.45, 7) is -0.334. The Balaban J connectivity index is 1.93. The molecule has 0 heterocycles. The molecule has 9 nitrogen and oxygen atoms in total. The number of carbonyl (C=O) groups is 1. The van der Waals surface area contributed by atoms with Crippen LogP contribution in [0.3, 0.4) is 0 Å². The van der Waals surface area contributed by atoms with Crippen LogP contribution in [0.15, 0.2) is 65.6 Å². The molecule has 11 heteroatoms. The first-order chi connectivity index (χ1) is 17.6. The first kappa shape index (κ1) is 27.6. The largest absolute Gasteiger partial charge is 0.493 e. The van der Waals surface area contributed by atoms with Gasteiger partial charge in [0.25, 0.3) is 10.0 Å². The van der Waals surface area contributed by atoms with Crippen LogP contribution in [-0.2, 0) is 21.4 Å². The molecule has 0 saturated heterocycles. The number of methoxy groups -OCH3 is 4. The number of carbonyl (C=O) groups excluding carboxylic acids is 1. The van der Waals surface area contributed by atoms with Crippen LogP contribution in [0.5, 0.6) is 23.0 Å². The summed E-state index contributed by atoms with van der Waals surface area (Å²) in [6, 6.07) is 14.2. The maximum absolute atomic E-state index is 13.7. The van der Waals surface area contributed by atoms with E-state index < -0.39 is 28.3 Å². The summed E-state index contributed by atoms with van der Waals surface area (Å²) in [5, 5.41) is 0. The van der Waals surface area contributed by atoms with Crippen molar-refractivity contribution in [3.63, 3.8) is 0 Å². The van der Waals surface area contributed by atoms with Crippen molar-refractivity contribution in [1.29, 1.82) is 0 Å². The summed E-state index contributed by atoms with van der Waals surface area (Å²) in [4.78, 5) is 14.5. The minimum absolute atomic E-state index is 0.121. The van der Waals surface area contributed by atoms with Crippen molar-refractivity contribution < 1.29 is 36.6 Å². The molecule has 0 bridgehead atoms. The second-order valence-corrected chi connectivity index (χ2v) is 9.81. The van der Waals surface area contributed by atoms with Crippen molar-refractivity contribution >= 4 is 21.6 Å². The number of hydrogen-bond acceptors (Lipinski definition) is 7. The number of benzene rings is 3. The lowest BCUT2D eigenvalue weighted by molar-refractivity contribution is -0.128. The fourth-order valence-electron chi connectivity index (χ4n) is 3.61. The smallest absolute Gasteiger partial charge is 0.264 e. The molecule has 3 aromatic carbocycles. The molecule has 0 fully saturated rings. The van der Waals surface area contributed by atoms with Gasteiger partial charge in [-0.3, -0.25) is 9.10 Å². The van der Waals surface area contributed by atoms with Crippen molar-refractivity contribution in [2.45, 2.75) is 11.4 Å². The van der Waals surface area contributed by atoms with Crippen LogP contribution in [0.25, 0.3) is 0 Å². The molecule has 0 unspecified atom stereocenters. The lowest BCUT2D eigenvalue weighted by Gasteiger charge is -2.27. The zero-order valence-electron chi connectivity index (χ0n) is 21.2. The number of ether oxygens (including phenoxy) is 4. The quantitative estimate of drug-likeness (QED) is 0.372. The number of amides is 1. The minimum Gasteiger partial charge on any atom is -0.493 e. The number of anilines is 1. The van der Waals surface area contributed by atoms with E-state index in [-0.39, 0.29) is 22.9 Å². The van der Waals surface area contributed by atoms with Crippen molar-refractivity contribution in [2.75, 3.05) is 46.3 Å². The summed E-state index contributed by atoms with van der Waals surface area (Å²) in [5.74, 6) is 0.584. The number of hydrogen-bond donors (Lipinski definition) is 0. The molecule has 0 aliphatic rings. The Morgan fingerprint density at radius 3 is 1.89 bits per heavy atom. The summed E-state index contributed by atoms with van der Waals surface area (Å²) >= 11 is 0. The summed E-state index contributed by atoms with van der Waals surface area (Å²) in [7, 11) is 3.16. The lowest BCUT2D eigenvalue weighted by Crippen LogP contribution is -2.41. The Kier molecular flexibility index (Phi) is 8.82.